The van der Waals surface area contributed by atoms with E-state index in [1.54, 1.807) is 6.20 Å². The number of rotatable bonds is 4. The Hall–Kier alpha value is -1.34. The molecule has 9 atom stereocenters. The van der Waals surface area contributed by atoms with Gasteiger partial charge in [-0.3, -0.25) is 4.68 Å². The topological polar surface area (TPSA) is 61.8 Å². The molecule has 1 aromatic heterocycles. The lowest BCUT2D eigenvalue weighted by molar-refractivity contribution is -0.152. The first kappa shape index (κ1) is 22.5. The van der Waals surface area contributed by atoms with E-state index in [2.05, 4.69) is 38.9 Å². The van der Waals surface area contributed by atoms with Crippen LogP contribution in [-0.4, -0.2) is 20.5 Å². The maximum atomic E-state index is 11.0. The van der Waals surface area contributed by atoms with Crippen molar-refractivity contribution in [3.05, 3.63) is 18.0 Å². The zero-order valence-corrected chi connectivity index (χ0v) is 20.7. The van der Waals surface area contributed by atoms with Gasteiger partial charge in [-0.15, -0.1) is 0 Å². The van der Waals surface area contributed by atoms with E-state index in [-0.39, 0.29) is 0 Å². The van der Waals surface area contributed by atoms with Gasteiger partial charge in [0.1, 0.15) is 11.8 Å². The van der Waals surface area contributed by atoms with Crippen molar-refractivity contribution in [1.29, 1.82) is 5.26 Å². The van der Waals surface area contributed by atoms with Gasteiger partial charge in [-0.2, -0.15) is 10.4 Å². The Morgan fingerprint density at radius 3 is 2.66 bits per heavy atom. The molecule has 4 saturated carbocycles. The Morgan fingerprint density at radius 2 is 1.91 bits per heavy atom. The molecule has 32 heavy (non-hydrogen) atoms. The Morgan fingerprint density at radius 1 is 1.12 bits per heavy atom. The molecular formula is C28H43N3O. The molecule has 4 aliphatic carbocycles. The van der Waals surface area contributed by atoms with Crippen LogP contribution in [0.15, 0.2) is 12.3 Å². The summed E-state index contributed by atoms with van der Waals surface area (Å²) in [5, 5.41) is 24.9. The Kier molecular flexibility index (Phi) is 5.52. The smallest absolute Gasteiger partial charge is 0.138 e. The van der Waals surface area contributed by atoms with Gasteiger partial charge in [0.25, 0.3) is 0 Å². The standard InChI is InChI=1S/C28H43N3O/c1-5-28(32)14-13-26(3)20(16-28)6-7-22-24-9-8-23(27(24,4)12-10-25(22)26)19(2)18-31-21(17-29)11-15-30-31/h11,15,19-20,22-25,32H,5-10,12-14,16,18H2,1-4H3/t19-,20-,22+,23?,24+,25+,26+,27-,28-/m1/s1. The lowest BCUT2D eigenvalue weighted by Crippen LogP contribution is -2.56. The summed E-state index contributed by atoms with van der Waals surface area (Å²) < 4.78 is 1.93. The molecule has 0 radical (unpaired) electrons. The number of aliphatic hydroxyl groups is 1. The molecule has 1 aromatic rings. The van der Waals surface area contributed by atoms with Crippen LogP contribution in [0.25, 0.3) is 0 Å². The van der Waals surface area contributed by atoms with E-state index in [9.17, 15) is 10.4 Å². The van der Waals surface area contributed by atoms with Crippen LogP contribution in [0, 0.1) is 57.7 Å². The van der Waals surface area contributed by atoms with Gasteiger partial charge in [-0.1, -0.05) is 27.7 Å². The Labute approximate surface area is 194 Å². The van der Waals surface area contributed by atoms with E-state index < -0.39 is 5.60 Å². The second kappa shape index (κ2) is 7.86. The highest BCUT2D eigenvalue weighted by molar-refractivity contribution is 5.18. The van der Waals surface area contributed by atoms with Crippen LogP contribution in [0.5, 0.6) is 0 Å². The fourth-order valence-corrected chi connectivity index (χ4v) is 9.59. The first-order chi connectivity index (χ1) is 15.2. The maximum absolute atomic E-state index is 11.0. The molecule has 0 bridgehead atoms. The molecule has 4 nitrogen and oxygen atoms in total. The predicted molar refractivity (Wildman–Crippen MR) is 127 cm³/mol. The van der Waals surface area contributed by atoms with Crippen molar-refractivity contribution >= 4 is 0 Å². The van der Waals surface area contributed by atoms with E-state index in [1.807, 2.05) is 10.7 Å². The Balaban J connectivity index is 1.33. The van der Waals surface area contributed by atoms with Crippen LogP contribution >= 0.6 is 0 Å². The number of hydrogen-bond donors (Lipinski definition) is 1. The first-order valence-electron chi connectivity index (χ1n) is 13.4. The van der Waals surface area contributed by atoms with E-state index >= 15 is 0 Å². The summed E-state index contributed by atoms with van der Waals surface area (Å²) in [4.78, 5) is 0. The van der Waals surface area contributed by atoms with Crippen molar-refractivity contribution < 1.29 is 5.11 Å². The second-order valence-electron chi connectivity index (χ2n) is 12.7. The number of aromatic nitrogens is 2. The van der Waals surface area contributed by atoms with Gasteiger partial charge in [-0.25, -0.2) is 0 Å². The van der Waals surface area contributed by atoms with Crippen LogP contribution in [0.1, 0.15) is 97.6 Å². The van der Waals surface area contributed by atoms with Crippen LogP contribution in [0.4, 0.5) is 0 Å². The van der Waals surface area contributed by atoms with Gasteiger partial charge in [0.15, 0.2) is 0 Å². The number of hydrogen-bond acceptors (Lipinski definition) is 3. The van der Waals surface area contributed by atoms with Gasteiger partial charge in [-0.05, 0) is 117 Å². The average molecular weight is 438 g/mol. The van der Waals surface area contributed by atoms with Crippen molar-refractivity contribution in [1.82, 2.24) is 9.78 Å². The van der Waals surface area contributed by atoms with E-state index in [0.717, 1.165) is 49.5 Å². The van der Waals surface area contributed by atoms with Crippen LogP contribution in [-0.2, 0) is 6.54 Å². The number of nitrogens with zero attached hydrogens (tertiary/aromatic N) is 3. The summed E-state index contributed by atoms with van der Waals surface area (Å²) in [6.07, 6.45) is 14.1. The first-order valence-corrected chi connectivity index (χ1v) is 13.4. The number of nitriles is 1. The average Bonchev–Trinajstić information content (AvgIpc) is 3.37. The third-order valence-corrected chi connectivity index (χ3v) is 11.5. The molecule has 5 rings (SSSR count). The van der Waals surface area contributed by atoms with E-state index in [4.69, 9.17) is 0 Å². The van der Waals surface area contributed by atoms with Crippen molar-refractivity contribution in [2.24, 2.45) is 46.3 Å². The van der Waals surface area contributed by atoms with Crippen molar-refractivity contribution in [2.75, 3.05) is 0 Å². The molecule has 4 aliphatic rings. The zero-order chi connectivity index (χ0) is 22.7. The van der Waals surface area contributed by atoms with Crippen molar-refractivity contribution in [3.63, 3.8) is 0 Å². The summed E-state index contributed by atoms with van der Waals surface area (Å²) in [5.74, 6) is 4.57. The molecule has 0 spiro atoms. The second-order valence-corrected chi connectivity index (χ2v) is 12.7. The lowest BCUT2D eigenvalue weighted by atomic mass is 9.43. The summed E-state index contributed by atoms with van der Waals surface area (Å²) in [7, 11) is 0. The van der Waals surface area contributed by atoms with Gasteiger partial charge in [0.2, 0.25) is 0 Å². The summed E-state index contributed by atoms with van der Waals surface area (Å²) >= 11 is 0. The minimum absolute atomic E-state index is 0.400. The molecule has 0 aromatic carbocycles. The fourth-order valence-electron chi connectivity index (χ4n) is 9.59. The third kappa shape index (κ3) is 3.29. The van der Waals surface area contributed by atoms with Crippen molar-refractivity contribution in [2.45, 2.75) is 104 Å². The van der Waals surface area contributed by atoms with Crippen LogP contribution < -0.4 is 0 Å². The van der Waals surface area contributed by atoms with E-state index in [1.165, 1.54) is 44.9 Å². The highest BCUT2D eigenvalue weighted by atomic mass is 16.3. The molecule has 1 N–H and O–H groups in total. The molecular weight excluding hydrogens is 394 g/mol. The molecule has 1 unspecified atom stereocenters. The molecule has 0 saturated heterocycles. The molecule has 0 aliphatic heterocycles. The highest BCUT2D eigenvalue weighted by Crippen LogP contribution is 2.68. The predicted octanol–water partition coefficient (Wildman–Crippen LogP) is 6.19. The third-order valence-electron chi connectivity index (χ3n) is 11.5. The van der Waals surface area contributed by atoms with Gasteiger partial charge in [0, 0.05) is 6.54 Å². The van der Waals surface area contributed by atoms with E-state index in [0.29, 0.717) is 28.4 Å². The maximum Gasteiger partial charge on any atom is 0.138 e. The van der Waals surface area contributed by atoms with Crippen molar-refractivity contribution in [3.8, 4) is 6.07 Å². The monoisotopic (exact) mass is 437 g/mol. The molecule has 0 amide bonds. The molecule has 4 fully saturated rings. The quantitative estimate of drug-likeness (QED) is 0.611. The summed E-state index contributed by atoms with van der Waals surface area (Å²) in [6.45, 7) is 10.7. The SMILES string of the molecule is CC[C@@]1(O)CC[C@@]2(C)[C@H](CC[C@@H]3[C@@H]2CC[C@]2(C)C([C@H](C)Cn4nccc4C#N)CC[C@@H]32)C1. The largest absolute Gasteiger partial charge is 0.390 e. The van der Waals surface area contributed by atoms with Gasteiger partial charge >= 0.3 is 0 Å². The zero-order valence-electron chi connectivity index (χ0n) is 20.7. The van der Waals surface area contributed by atoms with Crippen LogP contribution in [0.2, 0.25) is 0 Å². The van der Waals surface area contributed by atoms with Crippen LogP contribution in [0.3, 0.4) is 0 Å². The Bertz CT molecular complexity index is 887. The molecule has 176 valence electrons. The van der Waals surface area contributed by atoms with Gasteiger partial charge in [0.05, 0.1) is 11.8 Å². The summed E-state index contributed by atoms with van der Waals surface area (Å²) in [6, 6.07) is 4.13. The summed E-state index contributed by atoms with van der Waals surface area (Å²) in [5.41, 5.74) is 1.16. The highest BCUT2D eigenvalue weighted by Gasteiger charge is 2.61. The molecule has 4 heteroatoms. The fraction of sp³-hybridized carbons (Fsp3) is 0.857. The lowest BCUT2D eigenvalue weighted by Gasteiger charge is -2.62. The number of fused-ring (bicyclic) bond motifs is 5. The minimum Gasteiger partial charge on any atom is -0.390 e. The minimum atomic E-state index is -0.400. The molecule has 1 heterocycles. The normalized spacial score (nSPS) is 46.6. The van der Waals surface area contributed by atoms with Gasteiger partial charge < -0.3 is 5.11 Å².